The van der Waals surface area contributed by atoms with Gasteiger partial charge in [-0.1, -0.05) is 35.9 Å². The predicted molar refractivity (Wildman–Crippen MR) is 118 cm³/mol. The first-order valence-corrected chi connectivity index (χ1v) is 11.3. The number of hydrogen-bond donors (Lipinski definition) is 2. The van der Waals surface area contributed by atoms with E-state index in [0.29, 0.717) is 16.5 Å². The molecule has 4 aromatic rings. The molecule has 0 saturated carbocycles. The Bertz CT molecular complexity index is 1280. The lowest BCUT2D eigenvalue weighted by Crippen LogP contribution is -2.17. The molecule has 0 saturated heterocycles. The highest BCUT2D eigenvalue weighted by Gasteiger charge is 2.17. The van der Waals surface area contributed by atoms with Gasteiger partial charge in [-0.3, -0.25) is 4.79 Å². The van der Waals surface area contributed by atoms with E-state index in [4.69, 9.17) is 11.6 Å². The van der Waals surface area contributed by atoms with Gasteiger partial charge < -0.3 is 10.3 Å². The van der Waals surface area contributed by atoms with Crippen LogP contribution >= 0.6 is 11.6 Å². The zero-order chi connectivity index (χ0) is 21.1. The lowest BCUT2D eigenvalue weighted by atomic mass is 10.2. The van der Waals surface area contributed by atoms with Crippen molar-refractivity contribution in [3.63, 3.8) is 0 Å². The molecule has 2 N–H and O–H groups in total. The van der Waals surface area contributed by atoms with Crippen molar-refractivity contribution in [2.75, 3.05) is 11.1 Å². The van der Waals surface area contributed by atoms with E-state index < -0.39 is 9.84 Å². The normalized spacial score (nSPS) is 11.5. The van der Waals surface area contributed by atoms with E-state index in [0.717, 1.165) is 16.6 Å². The van der Waals surface area contributed by atoms with Gasteiger partial charge in [-0.25, -0.2) is 13.4 Å². The summed E-state index contributed by atoms with van der Waals surface area (Å²) in [4.78, 5) is 20.3. The summed E-state index contributed by atoms with van der Waals surface area (Å²) in [5.41, 5.74) is 3.17. The van der Waals surface area contributed by atoms with Gasteiger partial charge in [-0.15, -0.1) is 0 Å². The van der Waals surface area contributed by atoms with Crippen molar-refractivity contribution in [1.82, 2.24) is 9.97 Å². The summed E-state index contributed by atoms with van der Waals surface area (Å²) < 4.78 is 24.8. The number of rotatable bonds is 6. The minimum atomic E-state index is -3.56. The highest BCUT2D eigenvalue weighted by atomic mass is 35.5. The number of aromatic amines is 1. The number of nitrogens with zero attached hydrogens (tertiary/aromatic N) is 1. The van der Waals surface area contributed by atoms with Gasteiger partial charge in [-0.05, 0) is 48.5 Å². The van der Waals surface area contributed by atoms with Gasteiger partial charge in [0, 0.05) is 22.7 Å². The zero-order valence-corrected chi connectivity index (χ0v) is 17.4. The number of nitrogens with one attached hydrogen (secondary N) is 2. The first-order chi connectivity index (χ1) is 14.4. The van der Waals surface area contributed by atoms with E-state index in [2.05, 4.69) is 15.3 Å². The third kappa shape index (κ3) is 4.53. The summed E-state index contributed by atoms with van der Waals surface area (Å²) in [7, 11) is -3.56. The molecule has 6 nitrogen and oxygen atoms in total. The average molecular weight is 440 g/mol. The number of halogens is 1. The highest BCUT2D eigenvalue weighted by molar-refractivity contribution is 7.91. The number of benzene rings is 3. The average Bonchev–Trinajstić information content (AvgIpc) is 3.17. The first-order valence-electron chi connectivity index (χ1n) is 9.24. The van der Waals surface area contributed by atoms with Gasteiger partial charge in [0.15, 0.2) is 9.84 Å². The molecule has 0 fully saturated rings. The molecule has 8 heteroatoms. The van der Waals surface area contributed by atoms with Crippen LogP contribution in [0.4, 0.5) is 5.69 Å². The van der Waals surface area contributed by atoms with Gasteiger partial charge in [-0.2, -0.15) is 0 Å². The quantitative estimate of drug-likeness (QED) is 0.456. The van der Waals surface area contributed by atoms with Crippen LogP contribution < -0.4 is 5.32 Å². The summed E-state index contributed by atoms with van der Waals surface area (Å²) >= 11 is 5.79. The van der Waals surface area contributed by atoms with Gasteiger partial charge in [0.1, 0.15) is 5.82 Å². The van der Waals surface area contributed by atoms with Crippen molar-refractivity contribution in [1.29, 1.82) is 0 Å². The molecule has 3 aromatic carbocycles. The Morgan fingerprint density at radius 3 is 2.53 bits per heavy atom. The number of sulfone groups is 1. The fourth-order valence-corrected chi connectivity index (χ4v) is 4.41. The number of aromatic nitrogens is 2. The molecule has 0 radical (unpaired) electrons. The number of carbonyl (C=O) groups is 1. The van der Waals surface area contributed by atoms with E-state index in [-0.39, 0.29) is 23.0 Å². The number of imidazole rings is 1. The number of anilines is 1. The molecule has 0 aliphatic heterocycles. The maximum absolute atomic E-state index is 12.4. The van der Waals surface area contributed by atoms with Crippen molar-refractivity contribution in [2.24, 2.45) is 0 Å². The molecule has 0 spiro atoms. The summed E-state index contributed by atoms with van der Waals surface area (Å²) in [5.74, 6) is 0.0240. The van der Waals surface area contributed by atoms with E-state index in [1.54, 1.807) is 12.1 Å². The molecule has 30 heavy (non-hydrogen) atoms. The fraction of sp³-hybridized carbons (Fsp3) is 0.0909. The second-order valence-corrected chi connectivity index (χ2v) is 9.30. The van der Waals surface area contributed by atoms with E-state index >= 15 is 0 Å². The van der Waals surface area contributed by atoms with Crippen LogP contribution in [-0.2, 0) is 14.6 Å². The van der Waals surface area contributed by atoms with Crippen molar-refractivity contribution >= 4 is 44.1 Å². The van der Waals surface area contributed by atoms with Crippen LogP contribution in [0.2, 0.25) is 5.02 Å². The molecular formula is C22H18ClN3O3S. The van der Waals surface area contributed by atoms with Crippen molar-refractivity contribution in [2.45, 2.75) is 11.3 Å². The topological polar surface area (TPSA) is 91.9 Å². The third-order valence-electron chi connectivity index (χ3n) is 4.58. The summed E-state index contributed by atoms with van der Waals surface area (Å²) in [5, 5.41) is 3.21. The van der Waals surface area contributed by atoms with Crippen LogP contribution in [0.1, 0.15) is 6.42 Å². The fourth-order valence-electron chi connectivity index (χ4n) is 3.04. The molecule has 0 unspecified atom stereocenters. The number of para-hydroxylation sites is 2. The van der Waals surface area contributed by atoms with E-state index in [1.165, 1.54) is 24.3 Å². The van der Waals surface area contributed by atoms with Crippen LogP contribution in [0, 0.1) is 0 Å². The van der Waals surface area contributed by atoms with Crippen LogP contribution in [0.5, 0.6) is 0 Å². The Balaban J connectivity index is 1.43. The van der Waals surface area contributed by atoms with Crippen LogP contribution in [0.25, 0.3) is 22.4 Å². The molecule has 0 bridgehead atoms. The predicted octanol–water partition coefficient (Wildman–Crippen LogP) is 4.69. The largest absolute Gasteiger partial charge is 0.338 e. The molecule has 4 rings (SSSR count). The van der Waals surface area contributed by atoms with Gasteiger partial charge in [0.05, 0.1) is 21.7 Å². The molecule has 0 aliphatic carbocycles. The summed E-state index contributed by atoms with van der Waals surface area (Å²) in [6, 6.07) is 20.8. The lowest BCUT2D eigenvalue weighted by Gasteiger charge is -2.08. The number of fused-ring (bicyclic) bond motifs is 1. The standard InChI is InChI=1S/C22H18ClN3O3S/c23-16-8-10-18(11-9-16)30(28,29)13-12-21(27)24-17-5-3-4-15(14-17)22-25-19-6-1-2-7-20(19)26-22/h1-11,14H,12-13H2,(H,24,27)(H,25,26). The van der Waals surface area contributed by atoms with Gasteiger partial charge >= 0.3 is 0 Å². The summed E-state index contributed by atoms with van der Waals surface area (Å²) in [6.07, 6.45) is -0.153. The number of amides is 1. The minimum absolute atomic E-state index is 0.145. The number of H-pyrrole nitrogens is 1. The maximum atomic E-state index is 12.4. The highest BCUT2D eigenvalue weighted by Crippen LogP contribution is 2.23. The molecule has 0 aliphatic rings. The van der Waals surface area contributed by atoms with Crippen molar-refractivity contribution < 1.29 is 13.2 Å². The van der Waals surface area contributed by atoms with E-state index in [1.807, 2.05) is 36.4 Å². The summed E-state index contributed by atoms with van der Waals surface area (Å²) in [6.45, 7) is 0. The van der Waals surface area contributed by atoms with Gasteiger partial charge in [0.25, 0.3) is 0 Å². The SMILES string of the molecule is O=C(CCS(=O)(=O)c1ccc(Cl)cc1)Nc1cccc(-c2nc3ccccc3[nH]2)c1. The lowest BCUT2D eigenvalue weighted by molar-refractivity contribution is -0.115. The molecule has 0 atom stereocenters. The molecule has 1 amide bonds. The maximum Gasteiger partial charge on any atom is 0.225 e. The van der Waals surface area contributed by atoms with Crippen molar-refractivity contribution in [3.8, 4) is 11.4 Å². The Hall–Kier alpha value is -3.16. The first kappa shape index (κ1) is 20.1. The second kappa shape index (κ2) is 8.30. The second-order valence-electron chi connectivity index (χ2n) is 6.75. The van der Waals surface area contributed by atoms with Crippen LogP contribution in [-0.4, -0.2) is 30.0 Å². The smallest absolute Gasteiger partial charge is 0.225 e. The van der Waals surface area contributed by atoms with Gasteiger partial charge in [0.2, 0.25) is 5.91 Å². The molecular weight excluding hydrogens is 422 g/mol. The third-order valence-corrected chi connectivity index (χ3v) is 6.56. The number of carbonyl (C=O) groups excluding carboxylic acids is 1. The number of hydrogen-bond acceptors (Lipinski definition) is 4. The van der Waals surface area contributed by atoms with Crippen LogP contribution in [0.15, 0.2) is 77.7 Å². The Labute approximate surface area is 178 Å². The molecule has 1 heterocycles. The zero-order valence-electron chi connectivity index (χ0n) is 15.8. The minimum Gasteiger partial charge on any atom is -0.338 e. The molecule has 152 valence electrons. The molecule has 1 aromatic heterocycles. The Morgan fingerprint density at radius 1 is 1.00 bits per heavy atom. The Morgan fingerprint density at radius 2 is 1.77 bits per heavy atom. The van der Waals surface area contributed by atoms with Crippen LogP contribution in [0.3, 0.4) is 0 Å². The Kier molecular flexibility index (Phi) is 5.57. The van der Waals surface area contributed by atoms with E-state index in [9.17, 15) is 13.2 Å². The van der Waals surface area contributed by atoms with Crippen molar-refractivity contribution in [3.05, 3.63) is 77.8 Å². The monoisotopic (exact) mass is 439 g/mol.